The standard InChI is InChI=1S/C31H30N4S/c1-5-21(2)30-28(18-22(3)31-33-26-11-7-8-12-27(26)34(31)4)35(20-32-30)19-23-14-16-24(17-15-23)25-10-6-9-13-29(25)36/h5-18,20,36H,19H2,1-4H3/b21-5-,22-18+. The van der Waals surface area contributed by atoms with Crippen molar-refractivity contribution in [2.45, 2.75) is 32.2 Å². The molecule has 4 nitrogen and oxygen atoms in total. The first-order valence-electron chi connectivity index (χ1n) is 12.1. The molecule has 180 valence electrons. The lowest BCUT2D eigenvalue weighted by Gasteiger charge is -2.11. The molecular weight excluding hydrogens is 460 g/mol. The molecule has 0 aliphatic heterocycles. The minimum atomic E-state index is 0.731. The summed E-state index contributed by atoms with van der Waals surface area (Å²) in [7, 11) is 2.07. The highest BCUT2D eigenvalue weighted by Gasteiger charge is 2.14. The molecule has 0 aliphatic rings. The highest BCUT2D eigenvalue weighted by Crippen LogP contribution is 2.28. The molecule has 5 heteroatoms. The molecule has 0 unspecified atom stereocenters. The number of benzene rings is 3. The van der Waals surface area contributed by atoms with Crippen LogP contribution in [-0.4, -0.2) is 19.1 Å². The van der Waals surface area contributed by atoms with Crippen molar-refractivity contribution in [1.29, 1.82) is 0 Å². The van der Waals surface area contributed by atoms with Gasteiger partial charge in [0, 0.05) is 18.5 Å². The minimum Gasteiger partial charge on any atom is -0.327 e. The zero-order valence-corrected chi connectivity index (χ0v) is 22.0. The Labute approximate surface area is 218 Å². The summed E-state index contributed by atoms with van der Waals surface area (Å²) in [5.41, 5.74) is 9.98. The highest BCUT2D eigenvalue weighted by molar-refractivity contribution is 7.80. The van der Waals surface area contributed by atoms with E-state index in [0.29, 0.717) is 0 Å². The van der Waals surface area contributed by atoms with Crippen LogP contribution in [-0.2, 0) is 13.6 Å². The lowest BCUT2D eigenvalue weighted by Crippen LogP contribution is -2.03. The Bertz CT molecular complexity index is 1600. The maximum absolute atomic E-state index is 4.89. The lowest BCUT2D eigenvalue weighted by molar-refractivity contribution is 0.789. The molecule has 5 aromatic rings. The van der Waals surface area contributed by atoms with E-state index >= 15 is 0 Å². The Hall–Kier alpha value is -3.83. The summed E-state index contributed by atoms with van der Waals surface area (Å²) >= 11 is 4.61. The first-order valence-corrected chi connectivity index (χ1v) is 12.6. The smallest absolute Gasteiger partial charge is 0.136 e. The summed E-state index contributed by atoms with van der Waals surface area (Å²) in [4.78, 5) is 10.7. The fourth-order valence-corrected chi connectivity index (χ4v) is 4.87. The molecule has 3 aromatic carbocycles. The third-order valence-corrected chi connectivity index (χ3v) is 7.09. The predicted octanol–water partition coefficient (Wildman–Crippen LogP) is 7.76. The van der Waals surface area contributed by atoms with Gasteiger partial charge >= 0.3 is 0 Å². The maximum Gasteiger partial charge on any atom is 0.136 e. The van der Waals surface area contributed by atoms with Crippen molar-refractivity contribution in [3.05, 3.63) is 108 Å². The van der Waals surface area contributed by atoms with Gasteiger partial charge in [0.2, 0.25) is 0 Å². The van der Waals surface area contributed by atoms with Crippen LogP contribution in [0.5, 0.6) is 0 Å². The number of allylic oxidation sites excluding steroid dienone is 3. The summed E-state index contributed by atoms with van der Waals surface area (Å²) in [5, 5.41) is 0. The summed E-state index contributed by atoms with van der Waals surface area (Å²) in [5.74, 6) is 0.961. The third kappa shape index (κ3) is 4.54. The number of imidazole rings is 2. The molecule has 36 heavy (non-hydrogen) atoms. The van der Waals surface area contributed by atoms with Gasteiger partial charge in [-0.1, -0.05) is 60.7 Å². The van der Waals surface area contributed by atoms with Crippen molar-refractivity contribution in [2.24, 2.45) is 7.05 Å². The minimum absolute atomic E-state index is 0.731. The number of nitrogens with zero attached hydrogens (tertiary/aromatic N) is 4. The van der Waals surface area contributed by atoms with Crippen LogP contribution in [0.1, 0.15) is 43.5 Å². The van der Waals surface area contributed by atoms with Crippen LogP contribution in [0.4, 0.5) is 0 Å². The number of fused-ring (bicyclic) bond motifs is 1. The van der Waals surface area contributed by atoms with Gasteiger partial charge in [-0.05, 0) is 72.9 Å². The van der Waals surface area contributed by atoms with E-state index in [1.807, 2.05) is 30.6 Å². The van der Waals surface area contributed by atoms with Crippen molar-refractivity contribution in [3.8, 4) is 11.1 Å². The van der Waals surface area contributed by atoms with E-state index in [4.69, 9.17) is 9.97 Å². The van der Waals surface area contributed by atoms with Gasteiger partial charge in [-0.2, -0.15) is 0 Å². The van der Waals surface area contributed by atoms with Crippen molar-refractivity contribution in [3.63, 3.8) is 0 Å². The average molecular weight is 491 g/mol. The lowest BCUT2D eigenvalue weighted by atomic mass is 10.0. The van der Waals surface area contributed by atoms with Gasteiger partial charge < -0.3 is 9.13 Å². The average Bonchev–Trinajstić information content (AvgIpc) is 3.45. The van der Waals surface area contributed by atoms with Gasteiger partial charge in [0.25, 0.3) is 0 Å². The van der Waals surface area contributed by atoms with E-state index in [1.54, 1.807) is 0 Å². The molecule has 0 spiro atoms. The normalized spacial score (nSPS) is 12.5. The predicted molar refractivity (Wildman–Crippen MR) is 154 cm³/mol. The second kappa shape index (κ2) is 10.0. The van der Waals surface area contributed by atoms with Gasteiger partial charge in [-0.25, -0.2) is 9.97 Å². The number of aromatic nitrogens is 4. The first-order chi connectivity index (χ1) is 17.5. The number of aryl methyl sites for hydroxylation is 1. The quantitative estimate of drug-likeness (QED) is 0.247. The third-order valence-electron chi connectivity index (χ3n) is 6.70. The number of hydrogen-bond donors (Lipinski definition) is 1. The van der Waals surface area contributed by atoms with Crippen LogP contribution < -0.4 is 0 Å². The summed E-state index contributed by atoms with van der Waals surface area (Å²) in [6.07, 6.45) is 6.26. The van der Waals surface area contributed by atoms with Crippen LogP contribution >= 0.6 is 12.6 Å². The van der Waals surface area contributed by atoms with Crippen LogP contribution in [0.25, 0.3) is 39.4 Å². The topological polar surface area (TPSA) is 35.6 Å². The Morgan fingerprint density at radius 2 is 1.64 bits per heavy atom. The number of hydrogen-bond acceptors (Lipinski definition) is 3. The van der Waals surface area contributed by atoms with Crippen LogP contribution in [0.2, 0.25) is 0 Å². The molecule has 0 atom stereocenters. The Balaban J connectivity index is 1.51. The zero-order valence-electron chi connectivity index (χ0n) is 21.1. The molecule has 0 aliphatic carbocycles. The fraction of sp³-hybridized carbons (Fsp3) is 0.161. The Morgan fingerprint density at radius 1 is 0.917 bits per heavy atom. The molecule has 2 aromatic heterocycles. The van der Waals surface area contributed by atoms with Gasteiger partial charge in [-0.15, -0.1) is 12.6 Å². The Morgan fingerprint density at radius 3 is 2.36 bits per heavy atom. The largest absolute Gasteiger partial charge is 0.327 e. The summed E-state index contributed by atoms with van der Waals surface area (Å²) < 4.78 is 4.37. The first kappa shape index (κ1) is 23.9. The van der Waals surface area contributed by atoms with E-state index in [0.717, 1.165) is 56.4 Å². The van der Waals surface area contributed by atoms with Gasteiger partial charge in [0.15, 0.2) is 0 Å². The van der Waals surface area contributed by atoms with Crippen molar-refractivity contribution >= 4 is 40.9 Å². The summed E-state index contributed by atoms with van der Waals surface area (Å²) in [6.45, 7) is 7.02. The van der Waals surface area contributed by atoms with E-state index in [2.05, 4.69) is 110 Å². The van der Waals surface area contributed by atoms with Crippen LogP contribution in [0, 0.1) is 0 Å². The Kier molecular flexibility index (Phi) is 6.66. The van der Waals surface area contributed by atoms with Crippen molar-refractivity contribution < 1.29 is 0 Å². The van der Waals surface area contributed by atoms with Crippen LogP contribution in [0.15, 0.2) is 90.1 Å². The fourth-order valence-electron chi connectivity index (χ4n) is 4.58. The highest BCUT2D eigenvalue weighted by atomic mass is 32.1. The van der Waals surface area contributed by atoms with E-state index in [1.165, 1.54) is 11.1 Å². The maximum atomic E-state index is 4.89. The van der Waals surface area contributed by atoms with Crippen LogP contribution in [0.3, 0.4) is 0 Å². The molecule has 0 bridgehead atoms. The molecule has 0 N–H and O–H groups in total. The molecule has 5 rings (SSSR count). The monoisotopic (exact) mass is 490 g/mol. The van der Waals surface area contributed by atoms with Gasteiger partial charge in [0.1, 0.15) is 5.82 Å². The van der Waals surface area contributed by atoms with Crippen molar-refractivity contribution in [1.82, 2.24) is 19.1 Å². The molecule has 0 amide bonds. The van der Waals surface area contributed by atoms with E-state index < -0.39 is 0 Å². The van der Waals surface area contributed by atoms with E-state index in [9.17, 15) is 0 Å². The molecule has 0 fully saturated rings. The number of para-hydroxylation sites is 2. The SMILES string of the molecule is C/C=C(/C)c1ncn(Cc2ccc(-c3ccccc3S)cc2)c1/C=C(\C)c1nc2ccccc2n1C. The second-order valence-electron chi connectivity index (χ2n) is 9.10. The summed E-state index contributed by atoms with van der Waals surface area (Å²) in [6, 6.07) is 25.1. The van der Waals surface area contributed by atoms with Gasteiger partial charge in [0.05, 0.1) is 28.7 Å². The zero-order chi connectivity index (χ0) is 25.2. The molecule has 2 heterocycles. The van der Waals surface area contributed by atoms with E-state index in [-0.39, 0.29) is 0 Å². The number of rotatable bonds is 6. The molecule has 0 saturated carbocycles. The molecule has 0 saturated heterocycles. The second-order valence-corrected chi connectivity index (χ2v) is 9.58. The molecule has 0 radical (unpaired) electrons. The molecular formula is C31H30N4S. The van der Waals surface area contributed by atoms with Crippen molar-refractivity contribution in [2.75, 3.05) is 0 Å². The number of thiol groups is 1. The van der Waals surface area contributed by atoms with Gasteiger partial charge in [-0.3, -0.25) is 0 Å².